The van der Waals surface area contributed by atoms with Crippen molar-refractivity contribution in [2.24, 2.45) is 0 Å². The van der Waals surface area contributed by atoms with Crippen molar-refractivity contribution in [3.8, 4) is 0 Å². The van der Waals surface area contributed by atoms with E-state index in [9.17, 15) is 0 Å². The van der Waals surface area contributed by atoms with Crippen LogP contribution < -0.4 is 5.32 Å². The maximum Gasteiger partial charge on any atom is 0.209 e. The van der Waals surface area contributed by atoms with Crippen LogP contribution in [0.2, 0.25) is 0 Å². The third-order valence-corrected chi connectivity index (χ3v) is 5.03. The highest BCUT2D eigenvalue weighted by atomic mass is 79.9. The van der Waals surface area contributed by atoms with Gasteiger partial charge in [-0.3, -0.25) is 0 Å². The van der Waals surface area contributed by atoms with E-state index in [0.29, 0.717) is 0 Å². The summed E-state index contributed by atoms with van der Waals surface area (Å²) in [6.07, 6.45) is 0. The van der Waals surface area contributed by atoms with E-state index in [1.807, 2.05) is 4.68 Å². The number of rotatable bonds is 7. The van der Waals surface area contributed by atoms with Gasteiger partial charge in [-0.05, 0) is 45.0 Å². The van der Waals surface area contributed by atoms with Crippen molar-refractivity contribution in [1.29, 1.82) is 0 Å². The second-order valence-electron chi connectivity index (χ2n) is 3.53. The van der Waals surface area contributed by atoms with Gasteiger partial charge in [-0.25, -0.2) is 4.68 Å². The SMILES string of the molecule is CCNCCn1nnnc1SCc1ccc(Br)s1. The number of halogens is 1. The zero-order valence-electron chi connectivity index (χ0n) is 9.97. The topological polar surface area (TPSA) is 55.6 Å². The van der Waals surface area contributed by atoms with Crippen LogP contribution in [0.4, 0.5) is 0 Å². The predicted octanol–water partition coefficient (Wildman–Crippen LogP) is 2.40. The van der Waals surface area contributed by atoms with E-state index < -0.39 is 0 Å². The molecule has 0 saturated heterocycles. The molecular formula is C10H14BrN5S2. The summed E-state index contributed by atoms with van der Waals surface area (Å²) in [6, 6.07) is 4.18. The second-order valence-corrected chi connectivity index (χ2v) is 7.02. The smallest absolute Gasteiger partial charge is 0.209 e. The lowest BCUT2D eigenvalue weighted by molar-refractivity contribution is 0.517. The number of hydrogen-bond acceptors (Lipinski definition) is 6. The summed E-state index contributed by atoms with van der Waals surface area (Å²) in [5, 5.41) is 15.9. The Morgan fingerprint density at radius 2 is 2.39 bits per heavy atom. The standard InChI is InChI=1S/C10H14BrN5S2/c1-2-12-5-6-16-10(13-14-15-16)17-7-8-3-4-9(11)18-8/h3-4,12H,2,5-7H2,1H3. The lowest BCUT2D eigenvalue weighted by atomic mass is 10.5. The van der Waals surface area contributed by atoms with Crippen molar-refractivity contribution in [2.75, 3.05) is 13.1 Å². The van der Waals surface area contributed by atoms with Crippen molar-refractivity contribution >= 4 is 39.0 Å². The first-order valence-electron chi connectivity index (χ1n) is 5.63. The molecule has 0 bridgehead atoms. The van der Waals surface area contributed by atoms with Crippen molar-refractivity contribution in [3.05, 3.63) is 20.8 Å². The van der Waals surface area contributed by atoms with Crippen molar-refractivity contribution in [2.45, 2.75) is 24.4 Å². The Balaban J connectivity index is 1.87. The van der Waals surface area contributed by atoms with Crippen LogP contribution in [0.5, 0.6) is 0 Å². The molecule has 0 fully saturated rings. The molecule has 2 aromatic rings. The van der Waals surface area contributed by atoms with E-state index in [1.165, 1.54) is 4.88 Å². The number of thioether (sulfide) groups is 1. The zero-order chi connectivity index (χ0) is 12.8. The second kappa shape index (κ2) is 7.22. The van der Waals surface area contributed by atoms with Gasteiger partial charge in [0.1, 0.15) is 0 Å². The van der Waals surface area contributed by atoms with Crippen LogP contribution in [0, 0.1) is 0 Å². The largest absolute Gasteiger partial charge is 0.315 e. The van der Waals surface area contributed by atoms with Crippen molar-refractivity contribution < 1.29 is 0 Å². The number of nitrogens with zero attached hydrogens (tertiary/aromatic N) is 4. The number of tetrazole rings is 1. The van der Waals surface area contributed by atoms with Gasteiger partial charge in [0, 0.05) is 17.2 Å². The van der Waals surface area contributed by atoms with E-state index in [1.54, 1.807) is 23.1 Å². The van der Waals surface area contributed by atoms with Gasteiger partial charge >= 0.3 is 0 Å². The van der Waals surface area contributed by atoms with Gasteiger partial charge < -0.3 is 5.32 Å². The van der Waals surface area contributed by atoms with E-state index in [4.69, 9.17) is 0 Å². The minimum absolute atomic E-state index is 0.803. The maximum atomic E-state index is 4.05. The van der Waals surface area contributed by atoms with E-state index in [0.717, 1.165) is 34.3 Å². The Bertz CT molecular complexity index is 484. The Labute approximate surface area is 122 Å². The molecule has 0 unspecified atom stereocenters. The first kappa shape index (κ1) is 14.0. The molecule has 8 heteroatoms. The summed E-state index contributed by atoms with van der Waals surface area (Å²) in [4.78, 5) is 1.31. The minimum Gasteiger partial charge on any atom is -0.315 e. The monoisotopic (exact) mass is 347 g/mol. The Kier molecular flexibility index (Phi) is 5.61. The third-order valence-electron chi connectivity index (χ3n) is 2.22. The number of hydrogen-bond donors (Lipinski definition) is 1. The molecule has 0 spiro atoms. The Morgan fingerprint density at radius 3 is 3.11 bits per heavy atom. The molecule has 0 saturated carbocycles. The molecular weight excluding hydrogens is 334 g/mol. The molecule has 2 rings (SSSR count). The van der Waals surface area contributed by atoms with Crippen LogP contribution in [-0.4, -0.2) is 33.3 Å². The molecule has 0 amide bonds. The van der Waals surface area contributed by atoms with Crippen molar-refractivity contribution in [1.82, 2.24) is 25.5 Å². The molecule has 0 aliphatic rings. The van der Waals surface area contributed by atoms with E-state index in [2.05, 4.69) is 55.8 Å². The summed E-state index contributed by atoms with van der Waals surface area (Å²) >= 11 is 6.87. The fourth-order valence-electron chi connectivity index (χ4n) is 1.37. The fraction of sp³-hybridized carbons (Fsp3) is 0.500. The van der Waals surface area contributed by atoms with E-state index in [-0.39, 0.29) is 0 Å². The van der Waals surface area contributed by atoms with Crippen LogP contribution in [0.25, 0.3) is 0 Å². The molecule has 2 heterocycles. The normalized spacial score (nSPS) is 11.0. The molecule has 18 heavy (non-hydrogen) atoms. The van der Waals surface area contributed by atoms with Crippen LogP contribution in [0.3, 0.4) is 0 Å². The van der Waals surface area contributed by atoms with Gasteiger partial charge in [0.25, 0.3) is 0 Å². The molecule has 0 aliphatic heterocycles. The average Bonchev–Trinajstić information content (AvgIpc) is 2.96. The highest BCUT2D eigenvalue weighted by Gasteiger charge is 2.07. The summed E-state index contributed by atoms with van der Waals surface area (Å²) in [5.41, 5.74) is 0. The van der Waals surface area contributed by atoms with Crippen molar-refractivity contribution in [3.63, 3.8) is 0 Å². The summed E-state index contributed by atoms with van der Waals surface area (Å²) in [6.45, 7) is 4.74. The molecule has 0 aliphatic carbocycles. The third kappa shape index (κ3) is 4.04. The van der Waals surface area contributed by atoms with Gasteiger partial charge in [0.05, 0.1) is 10.3 Å². The first-order chi connectivity index (χ1) is 8.79. The highest BCUT2D eigenvalue weighted by molar-refractivity contribution is 9.11. The summed E-state index contributed by atoms with van der Waals surface area (Å²) in [7, 11) is 0. The van der Waals surface area contributed by atoms with Gasteiger partial charge in [0.2, 0.25) is 5.16 Å². The fourth-order valence-corrected chi connectivity index (χ4v) is 3.80. The van der Waals surface area contributed by atoms with Crippen LogP contribution in [-0.2, 0) is 12.3 Å². The molecule has 0 atom stereocenters. The van der Waals surface area contributed by atoms with Crippen LogP contribution >= 0.6 is 39.0 Å². The van der Waals surface area contributed by atoms with Crippen LogP contribution in [0.1, 0.15) is 11.8 Å². The molecule has 0 radical (unpaired) electrons. The lowest BCUT2D eigenvalue weighted by Crippen LogP contribution is -2.20. The predicted molar refractivity (Wildman–Crippen MR) is 77.9 cm³/mol. The molecule has 0 aromatic carbocycles. The number of nitrogens with one attached hydrogen (secondary N) is 1. The molecule has 2 aromatic heterocycles. The van der Waals surface area contributed by atoms with E-state index >= 15 is 0 Å². The first-order valence-corrected chi connectivity index (χ1v) is 8.23. The van der Waals surface area contributed by atoms with Gasteiger partial charge in [0.15, 0.2) is 0 Å². The van der Waals surface area contributed by atoms with Gasteiger partial charge in [-0.15, -0.1) is 16.4 Å². The Morgan fingerprint density at radius 1 is 1.50 bits per heavy atom. The van der Waals surface area contributed by atoms with Gasteiger partial charge in [-0.2, -0.15) is 0 Å². The Hall–Kier alpha value is -0.440. The molecule has 5 nitrogen and oxygen atoms in total. The number of aromatic nitrogens is 4. The maximum absolute atomic E-state index is 4.05. The summed E-state index contributed by atoms with van der Waals surface area (Å²) < 4.78 is 3.00. The molecule has 1 N–H and O–H groups in total. The zero-order valence-corrected chi connectivity index (χ0v) is 13.2. The number of thiophene rings is 1. The minimum atomic E-state index is 0.803. The molecule has 98 valence electrons. The summed E-state index contributed by atoms with van der Waals surface area (Å²) in [5.74, 6) is 0.901. The lowest BCUT2D eigenvalue weighted by Gasteiger charge is -2.03. The quantitative estimate of drug-likeness (QED) is 0.615. The van der Waals surface area contributed by atoms with Crippen LogP contribution in [0.15, 0.2) is 21.1 Å². The highest BCUT2D eigenvalue weighted by Crippen LogP contribution is 2.27. The van der Waals surface area contributed by atoms with Gasteiger partial charge in [-0.1, -0.05) is 18.7 Å². The number of likely N-dealkylation sites (N-methyl/N-ethyl adjacent to an activating group) is 1. The average molecular weight is 348 g/mol.